The number of fused-ring (bicyclic) bond motifs is 1. The molecule has 2 aromatic rings. The number of hydrogen-bond donors (Lipinski definition) is 1. The number of aryl methyl sites for hydroxylation is 1. The smallest absolute Gasteiger partial charge is 0.253 e. The number of rotatable bonds is 13. The summed E-state index contributed by atoms with van der Waals surface area (Å²) in [6, 6.07) is 11.6. The minimum atomic E-state index is -1.26. The second-order valence-electron chi connectivity index (χ2n) is 11.9. The van der Waals surface area contributed by atoms with Crippen molar-refractivity contribution in [2.24, 2.45) is 11.8 Å². The van der Waals surface area contributed by atoms with Gasteiger partial charge < -0.3 is 29.3 Å². The van der Waals surface area contributed by atoms with Crippen LogP contribution < -0.4 is 14.5 Å². The molecule has 3 aliphatic rings. The number of hydrogen-bond acceptors (Lipinski definition) is 6. The van der Waals surface area contributed by atoms with Gasteiger partial charge in [-0.15, -0.1) is 13.2 Å². The molecule has 5 atom stereocenters. The third kappa shape index (κ3) is 5.24. The van der Waals surface area contributed by atoms with Gasteiger partial charge in [0.2, 0.25) is 11.8 Å². The summed E-state index contributed by atoms with van der Waals surface area (Å²) in [5, 5.41) is 10.5. The van der Waals surface area contributed by atoms with Crippen molar-refractivity contribution < 1.29 is 29.0 Å². The maximum Gasteiger partial charge on any atom is 0.253 e. The number of likely N-dealkylation sites (tertiary alicyclic amines) is 1. The number of para-hydroxylation sites is 1. The Bertz CT molecular complexity index is 1460. The molecule has 3 heterocycles. The maximum absolute atomic E-state index is 14.8. The van der Waals surface area contributed by atoms with Crippen LogP contribution in [0.25, 0.3) is 0 Å². The lowest BCUT2D eigenvalue weighted by atomic mass is 9.64. The minimum absolute atomic E-state index is 0.0738. The Morgan fingerprint density at radius 3 is 2.38 bits per heavy atom. The van der Waals surface area contributed by atoms with E-state index in [9.17, 15) is 19.5 Å². The predicted molar refractivity (Wildman–Crippen MR) is 175 cm³/mol. The number of benzene rings is 2. The molecule has 1 spiro atoms. The van der Waals surface area contributed by atoms with Gasteiger partial charge in [-0.05, 0) is 69.0 Å². The number of aliphatic hydroxyl groups is 1. The second kappa shape index (κ2) is 13.0. The van der Waals surface area contributed by atoms with Crippen LogP contribution in [-0.4, -0.2) is 77.8 Å². The van der Waals surface area contributed by atoms with Gasteiger partial charge in [0.25, 0.3) is 5.91 Å². The molecule has 0 radical (unpaired) electrons. The van der Waals surface area contributed by atoms with Crippen LogP contribution in [0.1, 0.15) is 38.7 Å². The molecule has 45 heavy (non-hydrogen) atoms. The molecule has 240 valence electrons. The van der Waals surface area contributed by atoms with E-state index in [1.807, 2.05) is 45.0 Å². The highest BCUT2D eigenvalue weighted by atomic mass is 35.5. The standard InChI is InChI=1S/C35H42ClN3O6/c1-6-19-37(24-13-15-25(16-14-24)44-9-4)31(41)27-28-32(42)39(21-22-40)30(35(28)18-17-34(27,8-3)45-35)33(43)38(20-7-2)29-23(5)11-10-12-26(29)36/h6-7,10-16,27-28,30,40H,1-2,8-9,17-22H2,3-5H3/t27-,28+,30?,34+,35?/m1/s1. The Balaban J connectivity index is 1.60. The zero-order valence-corrected chi connectivity index (χ0v) is 27.0. The van der Waals surface area contributed by atoms with Crippen LogP contribution in [0.3, 0.4) is 0 Å². The number of ether oxygens (including phenoxy) is 2. The topological polar surface area (TPSA) is 99.6 Å². The number of β-amino-alcohol motifs (C(OH)–C–C–N with tert-alkyl or cyclic N) is 1. The van der Waals surface area contributed by atoms with E-state index in [-0.39, 0.29) is 44.0 Å². The van der Waals surface area contributed by atoms with E-state index in [1.165, 1.54) is 4.90 Å². The Morgan fingerprint density at radius 1 is 1.09 bits per heavy atom. The molecule has 3 aliphatic heterocycles. The Kier molecular flexibility index (Phi) is 9.44. The molecule has 10 heteroatoms. The van der Waals surface area contributed by atoms with Crippen molar-refractivity contribution in [3.8, 4) is 5.75 Å². The fraction of sp³-hybridized carbons (Fsp3) is 0.457. The molecule has 0 aliphatic carbocycles. The maximum atomic E-state index is 14.8. The molecule has 3 saturated heterocycles. The summed E-state index contributed by atoms with van der Waals surface area (Å²) in [7, 11) is 0. The summed E-state index contributed by atoms with van der Waals surface area (Å²) >= 11 is 6.64. The van der Waals surface area contributed by atoms with E-state index in [0.29, 0.717) is 48.0 Å². The van der Waals surface area contributed by atoms with Crippen molar-refractivity contribution in [2.75, 3.05) is 42.6 Å². The molecule has 2 unspecified atom stereocenters. The summed E-state index contributed by atoms with van der Waals surface area (Å²) in [4.78, 5) is 48.5. The van der Waals surface area contributed by atoms with Crippen LogP contribution in [0, 0.1) is 18.8 Å². The monoisotopic (exact) mass is 635 g/mol. The van der Waals surface area contributed by atoms with Gasteiger partial charge in [0, 0.05) is 25.3 Å². The van der Waals surface area contributed by atoms with Crippen LogP contribution >= 0.6 is 11.6 Å². The van der Waals surface area contributed by atoms with Gasteiger partial charge >= 0.3 is 0 Å². The molecular weight excluding hydrogens is 594 g/mol. The van der Waals surface area contributed by atoms with Crippen molar-refractivity contribution in [1.82, 2.24) is 4.90 Å². The van der Waals surface area contributed by atoms with E-state index < -0.39 is 29.1 Å². The fourth-order valence-electron chi connectivity index (χ4n) is 7.76. The van der Waals surface area contributed by atoms with E-state index >= 15 is 0 Å². The Morgan fingerprint density at radius 2 is 1.78 bits per heavy atom. The highest BCUT2D eigenvalue weighted by Gasteiger charge is 2.79. The molecule has 1 N–H and O–H groups in total. The van der Waals surface area contributed by atoms with Gasteiger partial charge in [0.1, 0.15) is 17.4 Å². The van der Waals surface area contributed by atoms with Gasteiger partial charge in [-0.1, -0.05) is 42.8 Å². The molecule has 2 bridgehead atoms. The number of anilines is 2. The average Bonchev–Trinajstić information content (AvgIpc) is 3.63. The first-order valence-electron chi connectivity index (χ1n) is 15.6. The largest absolute Gasteiger partial charge is 0.494 e. The fourth-order valence-corrected chi connectivity index (χ4v) is 8.09. The van der Waals surface area contributed by atoms with Gasteiger partial charge in [0.15, 0.2) is 0 Å². The third-order valence-electron chi connectivity index (χ3n) is 9.59. The van der Waals surface area contributed by atoms with Crippen molar-refractivity contribution in [2.45, 2.75) is 57.3 Å². The van der Waals surface area contributed by atoms with Gasteiger partial charge in [-0.2, -0.15) is 0 Å². The quantitative estimate of drug-likeness (QED) is 0.313. The molecule has 9 nitrogen and oxygen atoms in total. The molecule has 5 rings (SSSR count). The zero-order valence-electron chi connectivity index (χ0n) is 26.2. The normalized spacial score (nSPS) is 26.5. The van der Waals surface area contributed by atoms with Crippen LogP contribution in [0.4, 0.5) is 11.4 Å². The number of carbonyl (C=O) groups excluding carboxylic acids is 3. The highest BCUT2D eigenvalue weighted by molar-refractivity contribution is 6.34. The number of amides is 3. The molecule has 2 aromatic carbocycles. The van der Waals surface area contributed by atoms with Crippen molar-refractivity contribution in [3.63, 3.8) is 0 Å². The average molecular weight is 636 g/mol. The summed E-state index contributed by atoms with van der Waals surface area (Å²) < 4.78 is 12.5. The number of carbonyl (C=O) groups is 3. The lowest BCUT2D eigenvalue weighted by Crippen LogP contribution is -2.57. The van der Waals surface area contributed by atoms with E-state index in [1.54, 1.807) is 40.2 Å². The van der Waals surface area contributed by atoms with E-state index in [2.05, 4.69) is 13.2 Å². The SMILES string of the molecule is C=CCN(C(=O)[C@H]1[C@H]2C(=O)N(CCO)C(C(=O)N(CC=C)c3c(C)cccc3Cl)C23CC[C@]1(CC)O3)c1ccc(OCC)cc1. The van der Waals surface area contributed by atoms with Crippen LogP contribution in [-0.2, 0) is 19.1 Å². The third-order valence-corrected chi connectivity index (χ3v) is 9.90. The first-order chi connectivity index (χ1) is 21.6. The zero-order chi connectivity index (χ0) is 32.5. The van der Waals surface area contributed by atoms with E-state index in [4.69, 9.17) is 21.1 Å². The summed E-state index contributed by atoms with van der Waals surface area (Å²) in [5.74, 6) is -2.08. The second-order valence-corrected chi connectivity index (χ2v) is 12.3. The first-order valence-corrected chi connectivity index (χ1v) is 16.0. The van der Waals surface area contributed by atoms with E-state index in [0.717, 1.165) is 5.56 Å². The van der Waals surface area contributed by atoms with Crippen LogP contribution in [0.15, 0.2) is 67.8 Å². The first kappa shape index (κ1) is 32.7. The van der Waals surface area contributed by atoms with Crippen LogP contribution in [0.5, 0.6) is 5.75 Å². The summed E-state index contributed by atoms with van der Waals surface area (Å²) in [6.07, 6.45) is 4.68. The lowest BCUT2D eigenvalue weighted by molar-refractivity contribution is -0.146. The van der Waals surface area contributed by atoms with Gasteiger partial charge in [0.05, 0.1) is 41.4 Å². The van der Waals surface area contributed by atoms with Crippen molar-refractivity contribution in [3.05, 3.63) is 78.4 Å². The predicted octanol–water partition coefficient (Wildman–Crippen LogP) is 4.93. The van der Waals surface area contributed by atoms with Gasteiger partial charge in [-0.25, -0.2) is 0 Å². The molecule has 0 saturated carbocycles. The van der Waals surface area contributed by atoms with Crippen molar-refractivity contribution in [1.29, 1.82) is 0 Å². The van der Waals surface area contributed by atoms with Crippen molar-refractivity contribution >= 4 is 40.7 Å². The molecular formula is C35H42ClN3O6. The highest BCUT2D eigenvalue weighted by Crippen LogP contribution is 2.64. The Labute approximate surface area is 270 Å². The van der Waals surface area contributed by atoms with Crippen LogP contribution in [0.2, 0.25) is 5.02 Å². The summed E-state index contributed by atoms with van der Waals surface area (Å²) in [5.41, 5.74) is -0.237. The molecule has 3 amide bonds. The number of aliphatic hydroxyl groups excluding tert-OH is 1. The summed E-state index contributed by atoms with van der Waals surface area (Å²) in [6.45, 7) is 13.9. The lowest BCUT2D eigenvalue weighted by Gasteiger charge is -2.37. The Hall–Kier alpha value is -3.66. The molecule has 3 fully saturated rings. The number of nitrogens with zero attached hydrogens (tertiary/aromatic N) is 3. The number of halogens is 1. The molecule has 0 aromatic heterocycles. The van der Waals surface area contributed by atoms with Gasteiger partial charge in [-0.3, -0.25) is 14.4 Å². The minimum Gasteiger partial charge on any atom is -0.494 e.